The van der Waals surface area contributed by atoms with Crippen LogP contribution in [0.1, 0.15) is 0 Å². The molecule has 124 valence electrons. The zero-order valence-electron chi connectivity index (χ0n) is 12.3. The number of carbonyl (C=O) groups excluding carboxylic acids is 2. The van der Waals surface area contributed by atoms with E-state index in [0.717, 1.165) is 14.8 Å². The van der Waals surface area contributed by atoms with E-state index in [9.17, 15) is 18.4 Å². The van der Waals surface area contributed by atoms with Crippen molar-refractivity contribution in [3.63, 3.8) is 0 Å². The maximum atomic E-state index is 14.1. The number of para-hydroxylation sites is 2. The fraction of sp³-hybridized carbons (Fsp3) is 0.0667. The molecule has 2 aromatic rings. The van der Waals surface area contributed by atoms with Crippen molar-refractivity contribution >= 4 is 35.6 Å². The number of anilines is 2. The van der Waals surface area contributed by atoms with Crippen LogP contribution in [0.2, 0.25) is 0 Å². The molecule has 0 N–H and O–H groups in total. The summed E-state index contributed by atoms with van der Waals surface area (Å²) in [4.78, 5) is 30.6. The predicted octanol–water partition coefficient (Wildman–Crippen LogP) is 3.96. The third kappa shape index (κ3) is 2.68. The average Bonchev–Trinajstić information content (AvgIpc) is 2.58. The fourth-order valence-corrected chi connectivity index (χ4v) is 2.87. The lowest BCUT2D eigenvalue weighted by Crippen LogP contribution is -2.55. The Kier molecular flexibility index (Phi) is 4.36. The van der Waals surface area contributed by atoms with Gasteiger partial charge >= 0.3 is 12.1 Å². The molecular formula is C15H11F2N3O3S. The number of rotatable bonds is 3. The highest BCUT2D eigenvalue weighted by Gasteiger charge is 2.42. The number of benzene rings is 2. The van der Waals surface area contributed by atoms with Crippen molar-refractivity contribution in [3.8, 4) is 0 Å². The number of amides is 4. The summed E-state index contributed by atoms with van der Waals surface area (Å²) in [7, 11) is 1.21. The van der Waals surface area contributed by atoms with Gasteiger partial charge in [0.15, 0.2) is 0 Å². The number of carbonyl (C=O) groups is 2. The molecule has 0 unspecified atom stereocenters. The van der Waals surface area contributed by atoms with E-state index in [4.69, 9.17) is 4.84 Å². The SMILES string of the molecule is CON1SN(c2ccccc2F)C(=O)N(c2ccccc2F)C1=O. The number of halogens is 2. The molecule has 6 nitrogen and oxygen atoms in total. The first-order chi connectivity index (χ1) is 11.5. The molecule has 1 aliphatic rings. The van der Waals surface area contributed by atoms with Gasteiger partial charge in [0.25, 0.3) is 0 Å². The lowest BCUT2D eigenvalue weighted by atomic mass is 10.3. The van der Waals surface area contributed by atoms with Crippen LogP contribution in [0.5, 0.6) is 0 Å². The number of hydrogen-bond acceptors (Lipinski definition) is 4. The number of urea groups is 2. The maximum Gasteiger partial charge on any atom is 0.369 e. The highest BCUT2D eigenvalue weighted by Crippen LogP contribution is 2.36. The fourth-order valence-electron chi connectivity index (χ4n) is 2.11. The van der Waals surface area contributed by atoms with Crippen LogP contribution >= 0.6 is 12.1 Å². The molecule has 1 saturated heterocycles. The first kappa shape index (κ1) is 16.2. The first-order valence-corrected chi connectivity index (χ1v) is 7.47. The van der Waals surface area contributed by atoms with Crippen molar-refractivity contribution in [1.29, 1.82) is 0 Å². The molecule has 0 aliphatic carbocycles. The summed E-state index contributed by atoms with van der Waals surface area (Å²) in [6, 6.07) is 9.02. The van der Waals surface area contributed by atoms with Crippen molar-refractivity contribution in [1.82, 2.24) is 4.47 Å². The van der Waals surface area contributed by atoms with Crippen LogP contribution in [0.3, 0.4) is 0 Å². The molecule has 0 spiro atoms. The molecular weight excluding hydrogens is 340 g/mol. The largest absolute Gasteiger partial charge is 0.369 e. The second kappa shape index (κ2) is 6.46. The Labute approximate surface area is 140 Å². The van der Waals surface area contributed by atoms with Gasteiger partial charge in [-0.3, -0.25) is 4.84 Å². The van der Waals surface area contributed by atoms with Crippen LogP contribution in [-0.2, 0) is 4.84 Å². The van der Waals surface area contributed by atoms with Gasteiger partial charge in [-0.1, -0.05) is 24.3 Å². The second-order valence-electron chi connectivity index (χ2n) is 4.62. The van der Waals surface area contributed by atoms with Crippen LogP contribution in [0.4, 0.5) is 29.7 Å². The Hall–Kier alpha value is -2.65. The van der Waals surface area contributed by atoms with Crippen molar-refractivity contribution in [2.24, 2.45) is 0 Å². The van der Waals surface area contributed by atoms with Gasteiger partial charge in [-0.05, 0) is 24.3 Å². The van der Waals surface area contributed by atoms with E-state index in [0.29, 0.717) is 17.0 Å². The Morgan fingerprint density at radius 2 is 1.42 bits per heavy atom. The van der Waals surface area contributed by atoms with E-state index >= 15 is 0 Å². The molecule has 3 rings (SSSR count). The van der Waals surface area contributed by atoms with Gasteiger partial charge in [0.05, 0.1) is 18.5 Å². The van der Waals surface area contributed by atoms with E-state index in [-0.39, 0.29) is 11.4 Å². The van der Waals surface area contributed by atoms with E-state index in [1.54, 1.807) is 0 Å². The van der Waals surface area contributed by atoms with Crippen molar-refractivity contribution in [2.75, 3.05) is 16.3 Å². The molecule has 1 heterocycles. The highest BCUT2D eigenvalue weighted by atomic mass is 32.2. The number of hydrogen-bond donors (Lipinski definition) is 0. The van der Waals surface area contributed by atoms with Gasteiger partial charge < -0.3 is 0 Å². The van der Waals surface area contributed by atoms with Crippen molar-refractivity contribution < 1.29 is 23.2 Å². The number of imide groups is 1. The van der Waals surface area contributed by atoms with Crippen LogP contribution in [0, 0.1) is 11.6 Å². The third-order valence-corrected chi connectivity index (χ3v) is 4.17. The Morgan fingerprint density at radius 3 is 1.96 bits per heavy atom. The molecule has 1 aliphatic heterocycles. The van der Waals surface area contributed by atoms with E-state index in [1.807, 2.05) is 0 Å². The summed E-state index contributed by atoms with van der Waals surface area (Å²) in [5.74, 6) is -1.44. The van der Waals surface area contributed by atoms with Gasteiger partial charge in [-0.15, -0.1) is 4.47 Å². The minimum absolute atomic E-state index is 0.0802. The summed E-state index contributed by atoms with van der Waals surface area (Å²) >= 11 is 0.560. The maximum absolute atomic E-state index is 14.1. The smallest absolute Gasteiger partial charge is 0.260 e. The topological polar surface area (TPSA) is 53.1 Å². The van der Waals surface area contributed by atoms with Gasteiger partial charge in [-0.2, -0.15) is 0 Å². The lowest BCUT2D eigenvalue weighted by Gasteiger charge is -2.37. The Balaban J connectivity index is 2.08. The summed E-state index contributed by atoms with van der Waals surface area (Å²) < 4.78 is 29.8. The molecule has 0 aromatic heterocycles. The van der Waals surface area contributed by atoms with Gasteiger partial charge in [0.1, 0.15) is 23.8 Å². The summed E-state index contributed by atoms with van der Waals surface area (Å²) in [5, 5.41) is 0. The highest BCUT2D eigenvalue weighted by molar-refractivity contribution is 7.99. The van der Waals surface area contributed by atoms with Crippen molar-refractivity contribution in [3.05, 3.63) is 60.2 Å². The van der Waals surface area contributed by atoms with E-state index < -0.39 is 23.7 Å². The molecule has 0 atom stereocenters. The molecule has 2 aromatic carbocycles. The number of hydroxylamine groups is 1. The van der Waals surface area contributed by atoms with Crippen LogP contribution in [0.25, 0.3) is 0 Å². The number of nitrogens with zero attached hydrogens (tertiary/aromatic N) is 3. The molecule has 0 radical (unpaired) electrons. The molecule has 0 saturated carbocycles. The Morgan fingerprint density at radius 1 is 0.875 bits per heavy atom. The average molecular weight is 351 g/mol. The quantitative estimate of drug-likeness (QED) is 0.786. The standard InChI is InChI=1S/C15H11F2N3O3S/c1-23-20-15(22)18(12-8-4-2-6-10(12)16)14(21)19(24-20)13-9-5-3-7-11(13)17/h2-9H,1H3. The molecule has 1 fully saturated rings. The zero-order valence-corrected chi connectivity index (χ0v) is 13.2. The molecule has 4 amide bonds. The first-order valence-electron chi connectivity index (χ1n) is 6.74. The van der Waals surface area contributed by atoms with Gasteiger partial charge in [0.2, 0.25) is 0 Å². The van der Waals surface area contributed by atoms with E-state index in [2.05, 4.69) is 0 Å². The normalized spacial score (nSPS) is 15.2. The predicted molar refractivity (Wildman–Crippen MR) is 85.0 cm³/mol. The summed E-state index contributed by atoms with van der Waals surface area (Å²) in [6.45, 7) is 0. The van der Waals surface area contributed by atoms with Crippen molar-refractivity contribution in [2.45, 2.75) is 0 Å². The molecule has 9 heteroatoms. The monoisotopic (exact) mass is 351 g/mol. The van der Waals surface area contributed by atoms with Crippen LogP contribution in [0.15, 0.2) is 48.5 Å². The van der Waals surface area contributed by atoms with Gasteiger partial charge in [0, 0.05) is 0 Å². The van der Waals surface area contributed by atoms with Crippen LogP contribution in [-0.4, -0.2) is 23.6 Å². The molecule has 24 heavy (non-hydrogen) atoms. The summed E-state index contributed by atoms with van der Waals surface area (Å²) in [6.07, 6.45) is 0. The molecule has 0 bridgehead atoms. The van der Waals surface area contributed by atoms with Crippen LogP contribution < -0.4 is 9.21 Å². The van der Waals surface area contributed by atoms with E-state index in [1.165, 1.54) is 49.6 Å². The zero-order chi connectivity index (χ0) is 17.3. The Bertz CT molecular complexity index is 805. The van der Waals surface area contributed by atoms with Gasteiger partial charge in [-0.25, -0.2) is 27.6 Å². The summed E-state index contributed by atoms with van der Waals surface area (Å²) in [5.41, 5.74) is -0.334. The second-order valence-corrected chi connectivity index (χ2v) is 5.48. The third-order valence-electron chi connectivity index (χ3n) is 3.20. The lowest BCUT2D eigenvalue weighted by molar-refractivity contribution is 0.00155. The minimum Gasteiger partial charge on any atom is -0.260 e. The minimum atomic E-state index is -0.909.